The van der Waals surface area contributed by atoms with Gasteiger partial charge in [0.05, 0.1) is 6.10 Å². The van der Waals surface area contributed by atoms with Crippen molar-refractivity contribution in [1.82, 2.24) is 0 Å². The lowest BCUT2D eigenvalue weighted by Gasteiger charge is -2.19. The second-order valence-electron chi connectivity index (χ2n) is 3.01. The molecule has 0 saturated heterocycles. The van der Waals surface area contributed by atoms with E-state index < -0.39 is 6.10 Å². The summed E-state index contributed by atoms with van der Waals surface area (Å²) in [7, 11) is 0. The van der Waals surface area contributed by atoms with E-state index in [-0.39, 0.29) is 6.04 Å². The Labute approximate surface area is 67.4 Å². The first-order chi connectivity index (χ1) is 5.22. The first-order valence-corrected chi connectivity index (χ1v) is 4.01. The normalized spacial score (nSPS) is 22.6. The first kappa shape index (κ1) is 8.50. The summed E-state index contributed by atoms with van der Waals surface area (Å²) < 4.78 is 0. The lowest BCUT2D eigenvalue weighted by Crippen LogP contribution is -2.33. The summed E-state index contributed by atoms with van der Waals surface area (Å²) in [5.41, 5.74) is 6.61. The molecule has 62 valence electrons. The molecule has 0 aromatic rings. The molecule has 0 unspecified atom stereocenters. The Kier molecular flexibility index (Phi) is 2.85. The second kappa shape index (κ2) is 3.69. The summed E-state index contributed by atoms with van der Waals surface area (Å²) in [5, 5.41) is 9.52. The van der Waals surface area contributed by atoms with E-state index in [0.717, 1.165) is 18.4 Å². The monoisotopic (exact) mass is 153 g/mol. The molecule has 1 aliphatic rings. The molecule has 0 fully saturated rings. The summed E-state index contributed by atoms with van der Waals surface area (Å²) in [6, 6.07) is -0.159. The maximum Gasteiger partial charge on any atom is 0.0901 e. The highest BCUT2D eigenvalue weighted by atomic mass is 16.3. The molecule has 0 amide bonds. The fourth-order valence-electron chi connectivity index (χ4n) is 1.21. The van der Waals surface area contributed by atoms with Gasteiger partial charge < -0.3 is 10.8 Å². The Morgan fingerprint density at radius 2 is 2.36 bits per heavy atom. The first-order valence-electron chi connectivity index (χ1n) is 4.01. The van der Waals surface area contributed by atoms with Crippen LogP contribution in [0.15, 0.2) is 23.8 Å². The molecule has 0 aliphatic heterocycles. The minimum Gasteiger partial charge on any atom is -0.387 e. The number of nitrogens with two attached hydrogens (primary N) is 1. The van der Waals surface area contributed by atoms with Crippen molar-refractivity contribution in [2.45, 2.75) is 31.9 Å². The Morgan fingerprint density at radius 1 is 1.64 bits per heavy atom. The fourth-order valence-corrected chi connectivity index (χ4v) is 1.21. The molecule has 0 aromatic heterocycles. The molecule has 0 spiro atoms. The van der Waals surface area contributed by atoms with Gasteiger partial charge in [-0.05, 0) is 25.3 Å². The molecule has 1 rings (SSSR count). The topological polar surface area (TPSA) is 46.2 Å². The van der Waals surface area contributed by atoms with Crippen LogP contribution in [0.5, 0.6) is 0 Å². The Morgan fingerprint density at radius 3 is 2.82 bits per heavy atom. The molecule has 3 N–H and O–H groups in total. The van der Waals surface area contributed by atoms with Crippen molar-refractivity contribution in [3.8, 4) is 0 Å². The minimum atomic E-state index is -0.458. The van der Waals surface area contributed by atoms with Crippen molar-refractivity contribution in [1.29, 1.82) is 0 Å². The third-order valence-corrected chi connectivity index (χ3v) is 1.92. The molecule has 11 heavy (non-hydrogen) atoms. The Hall–Kier alpha value is -0.600. The van der Waals surface area contributed by atoms with Gasteiger partial charge in [0.1, 0.15) is 0 Å². The van der Waals surface area contributed by atoms with Gasteiger partial charge in [-0.25, -0.2) is 0 Å². The van der Waals surface area contributed by atoms with Crippen LogP contribution < -0.4 is 5.73 Å². The summed E-state index contributed by atoms with van der Waals surface area (Å²) >= 11 is 0. The van der Waals surface area contributed by atoms with E-state index in [4.69, 9.17) is 5.73 Å². The summed E-state index contributed by atoms with van der Waals surface area (Å²) in [6.07, 6.45) is 7.54. The van der Waals surface area contributed by atoms with Crippen molar-refractivity contribution in [3.63, 3.8) is 0 Å². The zero-order chi connectivity index (χ0) is 8.27. The zero-order valence-corrected chi connectivity index (χ0v) is 6.83. The molecule has 0 bridgehead atoms. The number of aliphatic hydroxyl groups excluding tert-OH is 1. The number of allylic oxidation sites excluding steroid dienone is 3. The van der Waals surface area contributed by atoms with E-state index in [1.807, 2.05) is 19.1 Å². The smallest absolute Gasteiger partial charge is 0.0901 e. The molecule has 0 aromatic carbocycles. The van der Waals surface area contributed by atoms with Gasteiger partial charge in [0, 0.05) is 6.04 Å². The fraction of sp³-hybridized carbons (Fsp3) is 0.556. The van der Waals surface area contributed by atoms with Gasteiger partial charge in [0.15, 0.2) is 0 Å². The van der Waals surface area contributed by atoms with Crippen LogP contribution in [0.4, 0.5) is 0 Å². The van der Waals surface area contributed by atoms with Crippen LogP contribution in [0, 0.1) is 0 Å². The molecule has 0 saturated carbocycles. The summed E-state index contributed by atoms with van der Waals surface area (Å²) in [4.78, 5) is 0. The largest absolute Gasteiger partial charge is 0.387 e. The maximum atomic E-state index is 9.52. The Bertz CT molecular complexity index is 182. The van der Waals surface area contributed by atoms with Crippen LogP contribution in [0.2, 0.25) is 0 Å². The third kappa shape index (κ3) is 2.17. The van der Waals surface area contributed by atoms with Crippen molar-refractivity contribution >= 4 is 0 Å². The van der Waals surface area contributed by atoms with Gasteiger partial charge in [0.2, 0.25) is 0 Å². The summed E-state index contributed by atoms with van der Waals surface area (Å²) in [6.45, 7) is 1.82. The predicted octanol–water partition coefficient (Wildman–Crippen LogP) is 0.971. The van der Waals surface area contributed by atoms with Crippen molar-refractivity contribution in [2.24, 2.45) is 5.73 Å². The molecule has 2 atom stereocenters. The van der Waals surface area contributed by atoms with Crippen LogP contribution in [-0.2, 0) is 0 Å². The lowest BCUT2D eigenvalue weighted by molar-refractivity contribution is 0.182. The highest BCUT2D eigenvalue weighted by Crippen LogP contribution is 2.16. The number of aliphatic hydroxyl groups is 1. The highest BCUT2D eigenvalue weighted by Gasteiger charge is 2.14. The standard InChI is InChI=1S/C9H15NO/c1-7(10)9(11)8-5-3-2-4-6-8/h2-3,5,7,9,11H,4,6,10H2,1H3/t7-,9-/m1/s1. The van der Waals surface area contributed by atoms with E-state index in [9.17, 15) is 5.11 Å². The maximum absolute atomic E-state index is 9.52. The average molecular weight is 153 g/mol. The van der Waals surface area contributed by atoms with Gasteiger partial charge in [-0.3, -0.25) is 0 Å². The summed E-state index contributed by atoms with van der Waals surface area (Å²) in [5.74, 6) is 0. The van der Waals surface area contributed by atoms with E-state index in [0.29, 0.717) is 0 Å². The molecule has 0 heterocycles. The molecular formula is C9H15NO. The van der Waals surface area contributed by atoms with Crippen molar-refractivity contribution < 1.29 is 5.11 Å². The van der Waals surface area contributed by atoms with Gasteiger partial charge in [-0.15, -0.1) is 0 Å². The zero-order valence-electron chi connectivity index (χ0n) is 6.83. The van der Waals surface area contributed by atoms with E-state index in [2.05, 4.69) is 6.08 Å². The van der Waals surface area contributed by atoms with Crippen LogP contribution in [0.1, 0.15) is 19.8 Å². The molecule has 2 heteroatoms. The van der Waals surface area contributed by atoms with Crippen LogP contribution >= 0.6 is 0 Å². The second-order valence-corrected chi connectivity index (χ2v) is 3.01. The predicted molar refractivity (Wildman–Crippen MR) is 46.1 cm³/mol. The van der Waals surface area contributed by atoms with E-state index in [1.165, 1.54) is 0 Å². The van der Waals surface area contributed by atoms with Crippen LogP contribution in [0.3, 0.4) is 0 Å². The van der Waals surface area contributed by atoms with Crippen molar-refractivity contribution in [3.05, 3.63) is 23.8 Å². The number of hydrogen-bond acceptors (Lipinski definition) is 2. The molecule has 2 nitrogen and oxygen atoms in total. The van der Waals surface area contributed by atoms with Crippen molar-refractivity contribution in [2.75, 3.05) is 0 Å². The number of hydrogen-bond donors (Lipinski definition) is 2. The Balaban J connectivity index is 2.58. The van der Waals surface area contributed by atoms with Gasteiger partial charge in [-0.2, -0.15) is 0 Å². The highest BCUT2D eigenvalue weighted by molar-refractivity contribution is 5.21. The van der Waals surface area contributed by atoms with Gasteiger partial charge in [0.25, 0.3) is 0 Å². The molecule has 0 radical (unpaired) electrons. The quantitative estimate of drug-likeness (QED) is 0.621. The SMILES string of the molecule is C[C@@H](N)[C@@H](O)C1=CC=CCC1. The minimum absolute atomic E-state index is 0.159. The van der Waals surface area contributed by atoms with Gasteiger partial charge >= 0.3 is 0 Å². The van der Waals surface area contributed by atoms with E-state index >= 15 is 0 Å². The third-order valence-electron chi connectivity index (χ3n) is 1.92. The van der Waals surface area contributed by atoms with E-state index in [1.54, 1.807) is 0 Å². The lowest BCUT2D eigenvalue weighted by atomic mass is 9.96. The van der Waals surface area contributed by atoms with Gasteiger partial charge in [-0.1, -0.05) is 18.2 Å². The van der Waals surface area contributed by atoms with Crippen LogP contribution in [-0.4, -0.2) is 17.3 Å². The molecular weight excluding hydrogens is 138 g/mol. The van der Waals surface area contributed by atoms with Crippen LogP contribution in [0.25, 0.3) is 0 Å². The number of rotatable bonds is 2. The average Bonchev–Trinajstić information content (AvgIpc) is 2.05. The molecule has 1 aliphatic carbocycles.